The van der Waals surface area contributed by atoms with Crippen LogP contribution >= 0.6 is 0 Å². The minimum atomic E-state index is -0.781. The van der Waals surface area contributed by atoms with E-state index in [0.29, 0.717) is 0 Å². The number of phenolic OH excluding ortho intramolecular Hbond substituents is 2. The van der Waals surface area contributed by atoms with Gasteiger partial charge in [-0.05, 0) is 50.9 Å². The zero-order valence-corrected chi connectivity index (χ0v) is 12.5. The second-order valence-corrected chi connectivity index (χ2v) is 7.13. The third-order valence-electron chi connectivity index (χ3n) is 6.35. The summed E-state index contributed by atoms with van der Waals surface area (Å²) in [5, 5.41) is 32.0. The Morgan fingerprint density at radius 1 is 1.14 bits per heavy atom. The summed E-state index contributed by atoms with van der Waals surface area (Å²) in [4.78, 5) is 2.27. The Bertz CT molecular complexity index is 602. The van der Waals surface area contributed by atoms with Gasteiger partial charge in [-0.2, -0.15) is 0 Å². The number of hydrogen-bond acceptors (Lipinski definition) is 4. The summed E-state index contributed by atoms with van der Waals surface area (Å²) in [7, 11) is 2.09. The van der Waals surface area contributed by atoms with Crippen LogP contribution < -0.4 is 0 Å². The molecule has 0 aromatic heterocycles. The van der Waals surface area contributed by atoms with E-state index in [1.54, 1.807) is 6.07 Å². The molecule has 0 amide bonds. The van der Waals surface area contributed by atoms with Crippen LogP contribution in [-0.2, 0) is 11.8 Å². The van der Waals surface area contributed by atoms with Gasteiger partial charge < -0.3 is 20.2 Å². The molecular weight excluding hydrogens is 266 g/mol. The lowest BCUT2D eigenvalue weighted by molar-refractivity contribution is -0.161. The van der Waals surface area contributed by atoms with E-state index in [0.717, 1.165) is 56.2 Å². The summed E-state index contributed by atoms with van der Waals surface area (Å²) in [6.07, 6.45) is 5.40. The number of likely N-dealkylation sites (tertiary alicyclic amines) is 1. The van der Waals surface area contributed by atoms with E-state index in [1.807, 2.05) is 6.07 Å². The van der Waals surface area contributed by atoms with Gasteiger partial charge in [-0.1, -0.05) is 18.9 Å². The second-order valence-electron chi connectivity index (χ2n) is 7.13. The highest BCUT2D eigenvalue weighted by Crippen LogP contribution is 2.60. The largest absolute Gasteiger partial charge is 0.504 e. The SMILES string of the molecule is CN1CCC23CCCCC2(O)C1Cc1ccc(O)c(O)c13. The maximum Gasteiger partial charge on any atom is 0.161 e. The first-order valence-corrected chi connectivity index (χ1v) is 7.96. The monoisotopic (exact) mass is 289 g/mol. The average molecular weight is 289 g/mol. The molecule has 4 rings (SSSR count). The maximum absolute atomic E-state index is 11.6. The molecule has 21 heavy (non-hydrogen) atoms. The zero-order chi connectivity index (χ0) is 14.8. The van der Waals surface area contributed by atoms with Gasteiger partial charge in [0.15, 0.2) is 11.5 Å². The standard InChI is InChI=1S/C17H23NO3/c1-18-9-8-16-6-2-3-7-17(16,21)13(18)10-11-4-5-12(19)15(20)14(11)16/h4-5,13,19-21H,2-3,6-10H2,1H3. The lowest BCUT2D eigenvalue weighted by atomic mass is 9.49. The summed E-state index contributed by atoms with van der Waals surface area (Å²) in [5.41, 5.74) is 0.748. The molecule has 4 nitrogen and oxygen atoms in total. The first-order chi connectivity index (χ1) is 9.99. The van der Waals surface area contributed by atoms with Crippen molar-refractivity contribution >= 4 is 0 Å². The molecule has 1 aromatic rings. The van der Waals surface area contributed by atoms with Crippen LogP contribution in [0.2, 0.25) is 0 Å². The van der Waals surface area contributed by atoms with Crippen LogP contribution in [0.3, 0.4) is 0 Å². The topological polar surface area (TPSA) is 63.9 Å². The number of nitrogens with zero attached hydrogens (tertiary/aromatic N) is 1. The molecule has 3 unspecified atom stereocenters. The van der Waals surface area contributed by atoms with E-state index in [2.05, 4.69) is 11.9 Å². The Kier molecular flexibility index (Phi) is 2.64. The lowest BCUT2D eigenvalue weighted by Crippen LogP contribution is -2.71. The van der Waals surface area contributed by atoms with E-state index in [-0.39, 0.29) is 17.5 Å². The molecule has 4 heteroatoms. The van der Waals surface area contributed by atoms with E-state index in [4.69, 9.17) is 0 Å². The minimum Gasteiger partial charge on any atom is -0.504 e. The highest BCUT2D eigenvalue weighted by atomic mass is 16.3. The van der Waals surface area contributed by atoms with E-state index in [1.165, 1.54) is 0 Å². The Labute approximate surface area is 125 Å². The smallest absolute Gasteiger partial charge is 0.161 e. The number of likely N-dealkylation sites (N-methyl/N-ethyl adjacent to an activating group) is 1. The molecule has 1 aliphatic heterocycles. The number of piperidine rings is 1. The molecule has 2 fully saturated rings. The maximum atomic E-state index is 11.6. The van der Waals surface area contributed by atoms with Crippen LogP contribution in [0.1, 0.15) is 43.2 Å². The molecule has 114 valence electrons. The molecule has 1 heterocycles. The number of rotatable bonds is 0. The first kappa shape index (κ1) is 13.4. The van der Waals surface area contributed by atoms with Gasteiger partial charge in [-0.15, -0.1) is 0 Å². The van der Waals surface area contributed by atoms with Crippen molar-refractivity contribution in [1.82, 2.24) is 4.90 Å². The van der Waals surface area contributed by atoms with Crippen molar-refractivity contribution in [2.75, 3.05) is 13.6 Å². The van der Waals surface area contributed by atoms with Crippen molar-refractivity contribution < 1.29 is 15.3 Å². The predicted molar refractivity (Wildman–Crippen MR) is 79.6 cm³/mol. The van der Waals surface area contributed by atoms with Crippen LogP contribution in [0.25, 0.3) is 0 Å². The van der Waals surface area contributed by atoms with Crippen molar-refractivity contribution in [3.05, 3.63) is 23.3 Å². The van der Waals surface area contributed by atoms with E-state index < -0.39 is 11.0 Å². The molecule has 3 N–H and O–H groups in total. The summed E-state index contributed by atoms with van der Waals surface area (Å²) in [5.74, 6) is -0.0655. The van der Waals surface area contributed by atoms with Gasteiger partial charge in [0.2, 0.25) is 0 Å². The lowest BCUT2D eigenvalue weighted by Gasteiger charge is -2.63. The Balaban J connectivity index is 2.01. The highest BCUT2D eigenvalue weighted by molar-refractivity contribution is 5.57. The molecule has 2 bridgehead atoms. The Hall–Kier alpha value is -1.26. The van der Waals surface area contributed by atoms with Gasteiger partial charge in [0, 0.05) is 17.0 Å². The molecule has 3 aliphatic rings. The van der Waals surface area contributed by atoms with Crippen molar-refractivity contribution in [1.29, 1.82) is 0 Å². The average Bonchev–Trinajstić information content (AvgIpc) is 2.46. The van der Waals surface area contributed by atoms with Crippen LogP contribution in [0, 0.1) is 0 Å². The van der Waals surface area contributed by atoms with Gasteiger partial charge in [0.1, 0.15) is 0 Å². The van der Waals surface area contributed by atoms with Crippen molar-refractivity contribution in [2.24, 2.45) is 0 Å². The molecule has 0 spiro atoms. The fourth-order valence-electron chi connectivity index (χ4n) is 5.32. The predicted octanol–water partition coefficient (Wildman–Crippen LogP) is 1.90. The highest BCUT2D eigenvalue weighted by Gasteiger charge is 2.63. The van der Waals surface area contributed by atoms with E-state index >= 15 is 0 Å². The Morgan fingerprint density at radius 2 is 1.90 bits per heavy atom. The number of aliphatic hydroxyl groups is 1. The third kappa shape index (κ3) is 1.47. The third-order valence-corrected chi connectivity index (χ3v) is 6.35. The number of benzene rings is 1. The quantitative estimate of drug-likeness (QED) is 0.638. The van der Waals surface area contributed by atoms with Gasteiger partial charge in [0.05, 0.1) is 5.60 Å². The fraction of sp³-hybridized carbons (Fsp3) is 0.647. The van der Waals surface area contributed by atoms with Crippen molar-refractivity contribution in [3.8, 4) is 11.5 Å². The summed E-state index contributed by atoms with van der Waals surface area (Å²) in [6, 6.07) is 3.61. The molecule has 1 saturated carbocycles. The number of fused-ring (bicyclic) bond motifs is 1. The van der Waals surface area contributed by atoms with Gasteiger partial charge in [-0.3, -0.25) is 0 Å². The number of hydrogen-bond donors (Lipinski definition) is 3. The fourth-order valence-corrected chi connectivity index (χ4v) is 5.32. The molecule has 1 saturated heterocycles. The summed E-state index contributed by atoms with van der Waals surface area (Å²) >= 11 is 0. The van der Waals surface area contributed by atoms with Crippen molar-refractivity contribution in [3.63, 3.8) is 0 Å². The molecule has 3 atom stereocenters. The van der Waals surface area contributed by atoms with Gasteiger partial charge in [0.25, 0.3) is 0 Å². The van der Waals surface area contributed by atoms with Gasteiger partial charge in [-0.25, -0.2) is 0 Å². The Morgan fingerprint density at radius 3 is 2.71 bits per heavy atom. The second kappa shape index (κ2) is 4.14. The van der Waals surface area contributed by atoms with Crippen LogP contribution in [-0.4, -0.2) is 45.5 Å². The molecule has 2 aliphatic carbocycles. The number of phenols is 2. The van der Waals surface area contributed by atoms with Crippen LogP contribution in [0.15, 0.2) is 12.1 Å². The first-order valence-electron chi connectivity index (χ1n) is 7.96. The minimum absolute atomic E-state index is 0.00386. The van der Waals surface area contributed by atoms with Crippen LogP contribution in [0.5, 0.6) is 11.5 Å². The summed E-state index contributed by atoms with van der Waals surface area (Å²) in [6.45, 7) is 0.932. The normalized spacial score (nSPS) is 38.7. The molecule has 1 aromatic carbocycles. The molecular formula is C17H23NO3. The number of aromatic hydroxyl groups is 2. The van der Waals surface area contributed by atoms with Crippen molar-refractivity contribution in [2.45, 2.75) is 55.6 Å². The van der Waals surface area contributed by atoms with Crippen LogP contribution in [0.4, 0.5) is 0 Å². The van der Waals surface area contributed by atoms with Gasteiger partial charge >= 0.3 is 0 Å². The van der Waals surface area contributed by atoms with E-state index in [9.17, 15) is 15.3 Å². The molecule has 0 radical (unpaired) electrons. The summed E-state index contributed by atoms with van der Waals surface area (Å²) < 4.78 is 0. The zero-order valence-electron chi connectivity index (χ0n) is 12.5.